The summed E-state index contributed by atoms with van der Waals surface area (Å²) in [6.45, 7) is -0.495. The molecule has 1 unspecified atom stereocenters. The van der Waals surface area contributed by atoms with Gasteiger partial charge in [0, 0.05) is 0 Å². The molecule has 1 aliphatic rings. The van der Waals surface area contributed by atoms with Gasteiger partial charge >= 0.3 is 17.9 Å². The Balaban J connectivity index is 1.72. The first kappa shape index (κ1) is 17.9. The number of carboxylic acids is 1. The second-order valence-corrected chi connectivity index (χ2v) is 5.85. The highest BCUT2D eigenvalue weighted by Gasteiger charge is 2.32. The molecule has 130 valence electrons. The zero-order valence-electron chi connectivity index (χ0n) is 13.2. The van der Waals surface area contributed by atoms with Crippen LogP contribution in [0.3, 0.4) is 0 Å². The first-order valence-corrected chi connectivity index (χ1v) is 7.86. The van der Waals surface area contributed by atoms with Crippen LogP contribution in [0, 0.1) is 11.8 Å². The summed E-state index contributed by atoms with van der Waals surface area (Å²) in [5.41, 5.74) is 6.24. The summed E-state index contributed by atoms with van der Waals surface area (Å²) in [4.78, 5) is 34.5. The maximum Gasteiger partial charge on any atom is 0.340 e. The number of ether oxygens (including phenoxy) is 2. The molecule has 0 spiro atoms. The molecule has 3 N–H and O–H groups in total. The summed E-state index contributed by atoms with van der Waals surface area (Å²) in [6.07, 6.45) is 2.14. The molecular formula is C17H21NO6. The van der Waals surface area contributed by atoms with Crippen molar-refractivity contribution >= 4 is 17.9 Å². The molecule has 0 amide bonds. The van der Waals surface area contributed by atoms with Crippen molar-refractivity contribution in [3.63, 3.8) is 0 Å². The van der Waals surface area contributed by atoms with Gasteiger partial charge in [-0.25, -0.2) is 4.79 Å². The van der Waals surface area contributed by atoms with Crippen molar-refractivity contribution in [3.8, 4) is 0 Å². The maximum absolute atomic E-state index is 11.9. The summed E-state index contributed by atoms with van der Waals surface area (Å²) in [5.74, 6) is -2.51. The Labute approximate surface area is 139 Å². The summed E-state index contributed by atoms with van der Waals surface area (Å²) >= 11 is 0. The van der Waals surface area contributed by atoms with E-state index in [0.29, 0.717) is 31.2 Å². The fourth-order valence-corrected chi connectivity index (χ4v) is 2.81. The van der Waals surface area contributed by atoms with Gasteiger partial charge in [-0.05, 0) is 43.7 Å². The lowest BCUT2D eigenvalue weighted by atomic mass is 9.79. The molecule has 0 heterocycles. The van der Waals surface area contributed by atoms with Crippen molar-refractivity contribution < 1.29 is 29.0 Å². The molecular weight excluding hydrogens is 314 g/mol. The van der Waals surface area contributed by atoms with Gasteiger partial charge in [0.05, 0.1) is 11.5 Å². The zero-order valence-corrected chi connectivity index (χ0v) is 13.2. The van der Waals surface area contributed by atoms with E-state index in [2.05, 4.69) is 0 Å². The van der Waals surface area contributed by atoms with Crippen LogP contribution >= 0.6 is 0 Å². The predicted molar refractivity (Wildman–Crippen MR) is 83.9 cm³/mol. The normalized spacial score (nSPS) is 21.5. The second kappa shape index (κ2) is 8.44. The number of rotatable bonds is 6. The van der Waals surface area contributed by atoms with Crippen LogP contribution in [-0.2, 0) is 19.1 Å². The van der Waals surface area contributed by atoms with Crippen molar-refractivity contribution in [1.82, 2.24) is 0 Å². The smallest absolute Gasteiger partial charge is 0.340 e. The lowest BCUT2D eigenvalue weighted by molar-refractivity contribution is -0.155. The van der Waals surface area contributed by atoms with Crippen molar-refractivity contribution in [2.75, 3.05) is 6.79 Å². The Morgan fingerprint density at radius 3 is 2.29 bits per heavy atom. The van der Waals surface area contributed by atoms with Crippen LogP contribution in [0.4, 0.5) is 0 Å². The first-order chi connectivity index (χ1) is 11.5. The summed E-state index contributed by atoms with van der Waals surface area (Å²) in [6, 6.07) is 7.52. The van der Waals surface area contributed by atoms with E-state index in [0.717, 1.165) is 0 Å². The number of nitrogens with two attached hydrogens (primary N) is 1. The standard InChI is InChI=1S/C17H21NO6/c18-14(11-6-8-12(9-7-11)15(19)20)17(22)24-10-23-16(21)13-4-2-1-3-5-13/h1-5,11-12,14H,6-10,18H2,(H,19,20). The van der Waals surface area contributed by atoms with E-state index in [9.17, 15) is 14.4 Å². The first-order valence-electron chi connectivity index (χ1n) is 7.86. The van der Waals surface area contributed by atoms with E-state index in [1.807, 2.05) is 0 Å². The minimum absolute atomic E-state index is 0.113. The van der Waals surface area contributed by atoms with Gasteiger partial charge in [-0.3, -0.25) is 9.59 Å². The van der Waals surface area contributed by atoms with Gasteiger partial charge in [0.15, 0.2) is 0 Å². The molecule has 1 saturated carbocycles. The lowest BCUT2D eigenvalue weighted by Gasteiger charge is -2.29. The highest BCUT2D eigenvalue weighted by atomic mass is 16.7. The third-order valence-electron chi connectivity index (χ3n) is 4.30. The molecule has 0 bridgehead atoms. The van der Waals surface area contributed by atoms with Crippen LogP contribution in [0.1, 0.15) is 36.0 Å². The molecule has 0 aliphatic heterocycles. The average Bonchev–Trinajstić information content (AvgIpc) is 2.61. The Kier molecular flexibility index (Phi) is 6.31. The van der Waals surface area contributed by atoms with Gasteiger partial charge in [-0.1, -0.05) is 18.2 Å². The third-order valence-corrected chi connectivity index (χ3v) is 4.30. The van der Waals surface area contributed by atoms with Crippen LogP contribution in [-0.4, -0.2) is 35.8 Å². The van der Waals surface area contributed by atoms with Crippen molar-refractivity contribution in [2.24, 2.45) is 17.6 Å². The zero-order chi connectivity index (χ0) is 17.5. The quantitative estimate of drug-likeness (QED) is 0.598. The van der Waals surface area contributed by atoms with E-state index >= 15 is 0 Å². The van der Waals surface area contributed by atoms with Gasteiger partial charge < -0.3 is 20.3 Å². The predicted octanol–water partition coefficient (Wildman–Crippen LogP) is 1.56. The molecule has 24 heavy (non-hydrogen) atoms. The molecule has 0 saturated heterocycles. The minimum atomic E-state index is -0.838. The van der Waals surface area contributed by atoms with E-state index in [4.69, 9.17) is 20.3 Å². The highest BCUT2D eigenvalue weighted by molar-refractivity contribution is 5.89. The molecule has 1 atom stereocenters. The topological polar surface area (TPSA) is 116 Å². The SMILES string of the molecule is NC(C(=O)OCOC(=O)c1ccccc1)C1CCC(C(=O)O)CC1. The summed E-state index contributed by atoms with van der Waals surface area (Å²) in [7, 11) is 0. The molecule has 0 radical (unpaired) electrons. The van der Waals surface area contributed by atoms with E-state index in [1.54, 1.807) is 30.3 Å². The maximum atomic E-state index is 11.9. The minimum Gasteiger partial charge on any atom is -0.481 e. The number of carbonyl (C=O) groups excluding carboxylic acids is 2. The number of hydrogen-bond donors (Lipinski definition) is 2. The van der Waals surface area contributed by atoms with Gasteiger partial charge in [0.1, 0.15) is 6.04 Å². The van der Waals surface area contributed by atoms with Crippen LogP contribution in [0.5, 0.6) is 0 Å². The molecule has 7 heteroatoms. The second-order valence-electron chi connectivity index (χ2n) is 5.85. The number of benzene rings is 1. The largest absolute Gasteiger partial charge is 0.481 e. The lowest BCUT2D eigenvalue weighted by Crippen LogP contribution is -2.42. The van der Waals surface area contributed by atoms with Crippen LogP contribution in [0.25, 0.3) is 0 Å². The van der Waals surface area contributed by atoms with Gasteiger partial charge in [-0.15, -0.1) is 0 Å². The molecule has 1 fully saturated rings. The number of aliphatic carboxylic acids is 1. The van der Waals surface area contributed by atoms with Crippen LogP contribution in [0.15, 0.2) is 30.3 Å². The van der Waals surface area contributed by atoms with Crippen molar-refractivity contribution in [1.29, 1.82) is 0 Å². The molecule has 7 nitrogen and oxygen atoms in total. The van der Waals surface area contributed by atoms with E-state index in [-0.39, 0.29) is 11.8 Å². The molecule has 0 aromatic heterocycles. The summed E-state index contributed by atoms with van der Waals surface area (Å²) in [5, 5.41) is 8.96. The fraction of sp³-hybridized carbons (Fsp3) is 0.471. The Morgan fingerprint density at radius 2 is 1.71 bits per heavy atom. The fourth-order valence-electron chi connectivity index (χ4n) is 2.81. The number of carbonyl (C=O) groups is 3. The monoisotopic (exact) mass is 335 g/mol. The molecule has 1 aliphatic carbocycles. The van der Waals surface area contributed by atoms with Gasteiger partial charge in [0.2, 0.25) is 6.79 Å². The van der Waals surface area contributed by atoms with Gasteiger partial charge in [-0.2, -0.15) is 0 Å². The Morgan fingerprint density at radius 1 is 1.08 bits per heavy atom. The van der Waals surface area contributed by atoms with Crippen LogP contribution in [0.2, 0.25) is 0 Å². The number of hydrogen-bond acceptors (Lipinski definition) is 6. The van der Waals surface area contributed by atoms with E-state index in [1.165, 1.54) is 0 Å². The molecule has 1 aromatic rings. The molecule has 2 rings (SSSR count). The highest BCUT2D eigenvalue weighted by Crippen LogP contribution is 2.30. The molecule has 1 aromatic carbocycles. The van der Waals surface area contributed by atoms with E-state index < -0.39 is 30.7 Å². The third kappa shape index (κ3) is 4.79. The number of esters is 2. The Hall–Kier alpha value is -2.41. The summed E-state index contributed by atoms with van der Waals surface area (Å²) < 4.78 is 9.77. The van der Waals surface area contributed by atoms with Crippen LogP contribution < -0.4 is 5.73 Å². The Bertz CT molecular complexity index is 580. The van der Waals surface area contributed by atoms with Crippen molar-refractivity contribution in [2.45, 2.75) is 31.7 Å². The van der Waals surface area contributed by atoms with Gasteiger partial charge in [0.25, 0.3) is 0 Å². The van der Waals surface area contributed by atoms with Crippen molar-refractivity contribution in [3.05, 3.63) is 35.9 Å². The number of carboxylic acid groups (broad SMARTS) is 1. The average molecular weight is 335 g/mol.